The Morgan fingerprint density at radius 3 is 2.47 bits per heavy atom. The lowest BCUT2D eigenvalue weighted by molar-refractivity contribution is -0.153. The Morgan fingerprint density at radius 1 is 1.09 bits per heavy atom. The van der Waals surface area contributed by atoms with Crippen LogP contribution in [0.3, 0.4) is 0 Å². The van der Waals surface area contributed by atoms with Crippen molar-refractivity contribution in [2.75, 3.05) is 7.11 Å². The molecular formula is C28H35FO3. The predicted molar refractivity (Wildman–Crippen MR) is 124 cm³/mol. The fraction of sp³-hybridized carbons (Fsp3) is 0.536. The Morgan fingerprint density at radius 2 is 1.81 bits per heavy atom. The zero-order chi connectivity index (χ0) is 22.7. The van der Waals surface area contributed by atoms with Crippen LogP contribution in [-0.2, 0) is 28.0 Å². The van der Waals surface area contributed by atoms with Crippen LogP contribution in [0.1, 0.15) is 87.0 Å². The summed E-state index contributed by atoms with van der Waals surface area (Å²) in [6.45, 7) is 4.44. The summed E-state index contributed by atoms with van der Waals surface area (Å²) in [6, 6.07) is 11.6. The molecule has 1 unspecified atom stereocenters. The summed E-state index contributed by atoms with van der Waals surface area (Å²) in [5, 5.41) is 0. The van der Waals surface area contributed by atoms with E-state index in [0.717, 1.165) is 66.9 Å². The van der Waals surface area contributed by atoms with E-state index < -0.39 is 5.41 Å². The molecule has 0 radical (unpaired) electrons. The van der Waals surface area contributed by atoms with E-state index >= 15 is 4.39 Å². The number of halogens is 1. The van der Waals surface area contributed by atoms with Gasteiger partial charge in [0.05, 0.1) is 12.5 Å². The van der Waals surface area contributed by atoms with Crippen molar-refractivity contribution in [1.29, 1.82) is 0 Å². The number of ether oxygens (including phenoxy) is 2. The largest absolute Gasteiger partial charge is 0.497 e. The number of esters is 1. The van der Waals surface area contributed by atoms with Crippen molar-refractivity contribution in [3.8, 4) is 5.75 Å². The highest BCUT2D eigenvalue weighted by atomic mass is 19.1. The lowest BCUT2D eigenvalue weighted by atomic mass is 9.66. The zero-order valence-electron chi connectivity index (χ0n) is 19.6. The van der Waals surface area contributed by atoms with Gasteiger partial charge in [-0.1, -0.05) is 51.0 Å². The van der Waals surface area contributed by atoms with Gasteiger partial charge in [-0.3, -0.25) is 4.79 Å². The van der Waals surface area contributed by atoms with E-state index in [1.54, 1.807) is 7.11 Å². The number of hydrogen-bond donors (Lipinski definition) is 0. The first kappa shape index (κ1) is 22.8. The van der Waals surface area contributed by atoms with E-state index in [1.807, 2.05) is 37.3 Å². The molecule has 0 aliphatic heterocycles. The summed E-state index contributed by atoms with van der Waals surface area (Å²) in [6.07, 6.45) is 7.22. The number of carbonyl (C=O) groups excluding carboxylic acids is 1. The van der Waals surface area contributed by atoms with Crippen LogP contribution in [0.25, 0.3) is 0 Å². The smallest absolute Gasteiger partial charge is 0.317 e. The third-order valence-corrected chi connectivity index (χ3v) is 7.77. The second kappa shape index (κ2) is 9.64. The second-order valence-corrected chi connectivity index (χ2v) is 9.67. The minimum atomic E-state index is -0.901. The SMILES string of the molecule is CCC1(C(=O)OCc2ccc(OC)cc2)CCCc2ccc(C3CCC(C)CC3)c(F)c21. The number of benzene rings is 2. The molecule has 0 amide bonds. The van der Waals surface area contributed by atoms with Gasteiger partial charge in [-0.2, -0.15) is 0 Å². The van der Waals surface area contributed by atoms with Gasteiger partial charge in [0.1, 0.15) is 18.2 Å². The van der Waals surface area contributed by atoms with E-state index in [-0.39, 0.29) is 24.3 Å². The molecule has 2 aromatic rings. The average molecular weight is 439 g/mol. The molecule has 0 saturated heterocycles. The molecule has 3 nitrogen and oxygen atoms in total. The van der Waals surface area contributed by atoms with Crippen LogP contribution in [-0.4, -0.2) is 13.1 Å². The van der Waals surface area contributed by atoms with Crippen molar-refractivity contribution in [2.24, 2.45) is 5.92 Å². The Labute approximate surface area is 191 Å². The lowest BCUT2D eigenvalue weighted by Gasteiger charge is -2.38. The maximum Gasteiger partial charge on any atom is 0.317 e. The fourth-order valence-corrected chi connectivity index (χ4v) is 5.66. The highest BCUT2D eigenvalue weighted by Crippen LogP contribution is 2.46. The number of aryl methyl sites for hydroxylation is 1. The fourth-order valence-electron chi connectivity index (χ4n) is 5.66. The predicted octanol–water partition coefficient (Wildman–Crippen LogP) is 6.86. The number of fused-ring (bicyclic) bond motifs is 1. The van der Waals surface area contributed by atoms with Crippen molar-refractivity contribution >= 4 is 5.97 Å². The first-order valence-corrected chi connectivity index (χ1v) is 12.1. The van der Waals surface area contributed by atoms with Gasteiger partial charge in [-0.25, -0.2) is 4.39 Å². The van der Waals surface area contributed by atoms with Crippen LogP contribution in [0.4, 0.5) is 4.39 Å². The minimum absolute atomic E-state index is 0.148. The maximum atomic E-state index is 16.1. The molecule has 1 fully saturated rings. The van der Waals surface area contributed by atoms with Crippen LogP contribution >= 0.6 is 0 Å². The van der Waals surface area contributed by atoms with E-state index in [4.69, 9.17) is 9.47 Å². The molecule has 1 saturated carbocycles. The van der Waals surface area contributed by atoms with Crippen LogP contribution in [0.5, 0.6) is 5.75 Å². The summed E-state index contributed by atoms with van der Waals surface area (Å²) in [4.78, 5) is 13.5. The van der Waals surface area contributed by atoms with E-state index in [0.29, 0.717) is 18.4 Å². The molecule has 0 bridgehead atoms. The Balaban J connectivity index is 1.61. The van der Waals surface area contributed by atoms with Crippen molar-refractivity contribution in [3.63, 3.8) is 0 Å². The molecule has 2 aliphatic rings. The molecule has 0 aromatic heterocycles. The normalized spacial score (nSPS) is 25.1. The first-order valence-electron chi connectivity index (χ1n) is 12.1. The standard InChI is InChI=1S/C28H35FO3/c1-4-28(27(30)32-18-20-9-14-23(31-3)15-10-20)17-5-6-22-13-16-24(26(29)25(22)28)21-11-7-19(2)8-12-21/h9-10,13-16,19,21H,4-8,11-12,17-18H2,1-3H3. The molecule has 4 rings (SSSR count). The molecule has 2 aromatic carbocycles. The molecule has 0 N–H and O–H groups in total. The molecule has 4 heteroatoms. The van der Waals surface area contributed by atoms with Gasteiger partial charge in [-0.05, 0) is 79.2 Å². The number of carbonyl (C=O) groups is 1. The lowest BCUT2D eigenvalue weighted by Crippen LogP contribution is -2.41. The molecule has 2 aliphatic carbocycles. The Kier molecular flexibility index (Phi) is 6.88. The van der Waals surface area contributed by atoms with Gasteiger partial charge in [0.15, 0.2) is 0 Å². The number of rotatable bonds is 6. The van der Waals surface area contributed by atoms with Crippen LogP contribution in [0, 0.1) is 11.7 Å². The average Bonchev–Trinajstić information content (AvgIpc) is 2.83. The highest BCUT2D eigenvalue weighted by Gasteiger charge is 2.46. The summed E-state index contributed by atoms with van der Waals surface area (Å²) in [5.74, 6) is 1.28. The van der Waals surface area contributed by atoms with Gasteiger partial charge in [0, 0.05) is 5.56 Å². The number of hydrogen-bond acceptors (Lipinski definition) is 3. The van der Waals surface area contributed by atoms with E-state index in [1.165, 1.54) is 0 Å². The van der Waals surface area contributed by atoms with Crippen LogP contribution in [0.2, 0.25) is 0 Å². The van der Waals surface area contributed by atoms with Crippen molar-refractivity contribution < 1.29 is 18.7 Å². The van der Waals surface area contributed by atoms with Crippen LogP contribution in [0.15, 0.2) is 36.4 Å². The summed E-state index contributed by atoms with van der Waals surface area (Å²) < 4.78 is 27.1. The maximum absolute atomic E-state index is 16.1. The molecule has 0 spiro atoms. The topological polar surface area (TPSA) is 35.5 Å². The Bertz CT molecular complexity index is 944. The molecular weight excluding hydrogens is 403 g/mol. The van der Waals surface area contributed by atoms with Gasteiger partial charge in [0.2, 0.25) is 0 Å². The summed E-state index contributed by atoms with van der Waals surface area (Å²) >= 11 is 0. The van der Waals surface area contributed by atoms with Gasteiger partial charge in [0.25, 0.3) is 0 Å². The van der Waals surface area contributed by atoms with Gasteiger partial charge >= 0.3 is 5.97 Å². The molecule has 172 valence electrons. The van der Waals surface area contributed by atoms with Crippen LogP contribution < -0.4 is 4.74 Å². The third kappa shape index (κ3) is 4.29. The molecule has 32 heavy (non-hydrogen) atoms. The van der Waals surface area contributed by atoms with Crippen molar-refractivity contribution in [1.82, 2.24) is 0 Å². The van der Waals surface area contributed by atoms with Gasteiger partial charge < -0.3 is 9.47 Å². The quantitative estimate of drug-likeness (QED) is 0.462. The number of methoxy groups -OCH3 is 1. The van der Waals surface area contributed by atoms with E-state index in [2.05, 4.69) is 13.0 Å². The summed E-state index contributed by atoms with van der Waals surface area (Å²) in [7, 11) is 1.62. The van der Waals surface area contributed by atoms with Gasteiger partial charge in [-0.15, -0.1) is 0 Å². The Hall–Kier alpha value is -2.36. The highest BCUT2D eigenvalue weighted by molar-refractivity contribution is 5.84. The zero-order valence-corrected chi connectivity index (χ0v) is 19.6. The molecule has 1 atom stereocenters. The third-order valence-electron chi connectivity index (χ3n) is 7.77. The molecule has 0 heterocycles. The first-order chi connectivity index (χ1) is 15.5. The monoisotopic (exact) mass is 438 g/mol. The second-order valence-electron chi connectivity index (χ2n) is 9.67. The minimum Gasteiger partial charge on any atom is -0.497 e. The van der Waals surface area contributed by atoms with Crippen molar-refractivity contribution in [2.45, 2.75) is 83.2 Å². The van der Waals surface area contributed by atoms with E-state index in [9.17, 15) is 4.79 Å². The van der Waals surface area contributed by atoms with Crippen molar-refractivity contribution in [3.05, 3.63) is 64.5 Å². The summed E-state index contributed by atoms with van der Waals surface area (Å²) in [5.41, 5.74) is 2.39.